The summed E-state index contributed by atoms with van der Waals surface area (Å²) in [5.41, 5.74) is 3.44. The Morgan fingerprint density at radius 1 is 1.19 bits per heavy atom. The molecule has 37 heavy (non-hydrogen) atoms. The van der Waals surface area contributed by atoms with Crippen LogP contribution < -0.4 is 0 Å². The lowest BCUT2D eigenvalue weighted by atomic mass is 9.75. The molecule has 4 aliphatic rings. The van der Waals surface area contributed by atoms with E-state index in [1.165, 1.54) is 15.6 Å². The highest BCUT2D eigenvalue weighted by Gasteiger charge is 2.76. The molecule has 1 saturated heterocycles. The highest BCUT2D eigenvalue weighted by molar-refractivity contribution is 7.89. The maximum absolute atomic E-state index is 14.2. The van der Waals surface area contributed by atoms with E-state index >= 15 is 0 Å². The summed E-state index contributed by atoms with van der Waals surface area (Å²) in [5.74, 6) is -2.77. The van der Waals surface area contributed by atoms with Crippen LogP contribution in [-0.2, 0) is 21.4 Å². The van der Waals surface area contributed by atoms with E-state index in [0.29, 0.717) is 6.54 Å². The van der Waals surface area contributed by atoms with Gasteiger partial charge in [0.05, 0.1) is 20.6 Å². The summed E-state index contributed by atoms with van der Waals surface area (Å²) in [4.78, 5) is 20.4. The number of halogens is 2. The number of rotatable bonds is 6. The number of hydrogen-bond acceptors (Lipinski definition) is 5. The topological polar surface area (TPSA) is 70.6 Å². The molecule has 7 rings (SSSR count). The van der Waals surface area contributed by atoms with Crippen molar-refractivity contribution in [1.29, 1.82) is 0 Å². The zero-order chi connectivity index (χ0) is 25.7. The molecule has 1 aromatic heterocycles. The van der Waals surface area contributed by atoms with Gasteiger partial charge in [0, 0.05) is 31.0 Å². The van der Waals surface area contributed by atoms with Gasteiger partial charge < -0.3 is 4.90 Å². The van der Waals surface area contributed by atoms with Gasteiger partial charge in [0.2, 0.25) is 15.9 Å². The third-order valence-electron chi connectivity index (χ3n) is 8.92. The molecular formula is C27H27F2N3O3S2. The van der Waals surface area contributed by atoms with E-state index in [9.17, 15) is 22.0 Å². The number of hydrogen-bond donors (Lipinski definition) is 0. The van der Waals surface area contributed by atoms with Crippen molar-refractivity contribution < 1.29 is 22.0 Å². The maximum atomic E-state index is 14.2. The third kappa shape index (κ3) is 3.66. The number of piperidine rings is 1. The zero-order valence-corrected chi connectivity index (χ0v) is 21.9. The van der Waals surface area contributed by atoms with Crippen molar-refractivity contribution in [1.82, 2.24) is 14.2 Å². The van der Waals surface area contributed by atoms with E-state index in [0.717, 1.165) is 27.8 Å². The highest BCUT2D eigenvalue weighted by atomic mass is 32.2. The molecule has 4 fully saturated rings. The van der Waals surface area contributed by atoms with Crippen LogP contribution >= 0.6 is 11.3 Å². The van der Waals surface area contributed by atoms with E-state index in [4.69, 9.17) is 0 Å². The van der Waals surface area contributed by atoms with Crippen molar-refractivity contribution in [2.75, 3.05) is 6.54 Å². The SMILES string of the molecule is Cc1ccc(S(=O)(=O)N2C[C@H]3C[C@H]3[C@H]2C(=O)N(Cc2ccc3scnc3c2)C2CC3(C2)CC3(F)F)cc1. The molecule has 6 nitrogen and oxygen atoms in total. The molecule has 194 valence electrons. The number of carbonyl (C=O) groups is 1. The predicted molar refractivity (Wildman–Crippen MR) is 136 cm³/mol. The largest absolute Gasteiger partial charge is 0.334 e. The second-order valence-corrected chi connectivity index (χ2v) is 14.1. The quantitative estimate of drug-likeness (QED) is 0.447. The van der Waals surface area contributed by atoms with Crippen LogP contribution in [0.4, 0.5) is 8.78 Å². The number of aryl methyl sites for hydroxylation is 1. The zero-order valence-electron chi connectivity index (χ0n) is 20.3. The van der Waals surface area contributed by atoms with Crippen molar-refractivity contribution in [2.45, 2.75) is 62.1 Å². The van der Waals surface area contributed by atoms with E-state index < -0.39 is 27.4 Å². The van der Waals surface area contributed by atoms with Gasteiger partial charge in [-0.15, -0.1) is 11.3 Å². The number of carbonyl (C=O) groups excluding carboxylic acids is 1. The second-order valence-electron chi connectivity index (χ2n) is 11.3. The molecule has 0 N–H and O–H groups in total. The molecule has 0 unspecified atom stereocenters. The fraction of sp³-hybridized carbons (Fsp3) is 0.481. The molecule has 1 amide bonds. The lowest BCUT2D eigenvalue weighted by Gasteiger charge is -2.45. The van der Waals surface area contributed by atoms with Crippen LogP contribution in [0.2, 0.25) is 0 Å². The highest BCUT2D eigenvalue weighted by Crippen LogP contribution is 2.72. The van der Waals surface area contributed by atoms with Gasteiger partial charge >= 0.3 is 0 Å². The summed E-state index contributed by atoms with van der Waals surface area (Å²) in [5, 5.41) is 0. The fourth-order valence-electron chi connectivity index (χ4n) is 6.47. The number of thiazole rings is 1. The molecule has 0 bridgehead atoms. The average Bonchev–Trinajstić information content (AvgIpc) is 3.56. The summed E-state index contributed by atoms with van der Waals surface area (Å²) < 4.78 is 57.7. The van der Waals surface area contributed by atoms with Gasteiger partial charge in [-0.25, -0.2) is 22.2 Å². The van der Waals surface area contributed by atoms with E-state index in [-0.39, 0.29) is 54.5 Å². The van der Waals surface area contributed by atoms with E-state index in [1.54, 1.807) is 34.7 Å². The van der Waals surface area contributed by atoms with Crippen molar-refractivity contribution in [3.05, 3.63) is 59.1 Å². The Morgan fingerprint density at radius 3 is 2.62 bits per heavy atom. The average molecular weight is 544 g/mol. The Kier molecular flexibility index (Phi) is 4.99. The number of sulfonamides is 1. The summed E-state index contributed by atoms with van der Waals surface area (Å²) >= 11 is 1.53. The van der Waals surface area contributed by atoms with Crippen LogP contribution in [0.15, 0.2) is 52.9 Å². The van der Waals surface area contributed by atoms with E-state index in [2.05, 4.69) is 4.98 Å². The minimum Gasteiger partial charge on any atom is -0.334 e. The first kappa shape index (κ1) is 23.7. The van der Waals surface area contributed by atoms with Gasteiger partial charge in [0.1, 0.15) is 6.04 Å². The molecule has 2 heterocycles. The standard InChI is InChI=1S/C27H27F2N3O3S2/c1-16-2-5-20(6-3-16)37(34,35)32-13-18-9-21(18)24(32)25(33)31(19-10-26(11-19)14-27(26,28)29)12-17-4-7-23-22(8-17)30-15-36-23/h2-8,15,18-19,21,24H,9-14H2,1H3/t18-,19?,21-,24+,26?/m1/s1. The summed E-state index contributed by atoms with van der Waals surface area (Å²) in [6.07, 6.45) is 1.22. The Labute approximate surface area is 218 Å². The van der Waals surface area contributed by atoms with Crippen LogP contribution in [0.25, 0.3) is 10.2 Å². The van der Waals surface area contributed by atoms with Crippen LogP contribution in [0.5, 0.6) is 0 Å². The molecule has 2 aromatic carbocycles. The minimum atomic E-state index is -3.87. The Balaban J connectivity index is 1.20. The maximum Gasteiger partial charge on any atom is 0.254 e. The van der Waals surface area contributed by atoms with Crippen molar-refractivity contribution in [3.8, 4) is 0 Å². The Bertz CT molecular complexity index is 1520. The fourth-order valence-corrected chi connectivity index (χ4v) is 8.81. The third-order valence-corrected chi connectivity index (χ3v) is 11.6. The molecule has 3 atom stereocenters. The molecule has 3 aliphatic carbocycles. The summed E-state index contributed by atoms with van der Waals surface area (Å²) in [7, 11) is -3.87. The van der Waals surface area contributed by atoms with Gasteiger partial charge in [-0.05, 0) is 67.9 Å². The molecule has 1 aliphatic heterocycles. The first-order valence-electron chi connectivity index (χ1n) is 12.7. The van der Waals surface area contributed by atoms with Gasteiger partial charge in [-0.1, -0.05) is 23.8 Å². The monoisotopic (exact) mass is 543 g/mol. The first-order valence-corrected chi connectivity index (χ1v) is 15.0. The summed E-state index contributed by atoms with van der Waals surface area (Å²) in [6.45, 7) is 2.47. The van der Waals surface area contributed by atoms with Gasteiger partial charge in [-0.3, -0.25) is 4.79 Å². The minimum absolute atomic E-state index is 0.0207. The second kappa shape index (κ2) is 7.80. The molecule has 10 heteroatoms. The molecule has 0 radical (unpaired) electrons. The summed E-state index contributed by atoms with van der Waals surface area (Å²) in [6, 6.07) is 11.4. The number of alkyl halides is 2. The normalized spacial score (nSPS) is 31.8. The van der Waals surface area contributed by atoms with Crippen LogP contribution in [-0.4, -0.2) is 53.1 Å². The number of nitrogens with zero attached hydrogens (tertiary/aromatic N) is 3. The van der Waals surface area contributed by atoms with Crippen molar-refractivity contribution in [3.63, 3.8) is 0 Å². The number of amides is 1. The molecule has 3 aromatic rings. The van der Waals surface area contributed by atoms with Crippen LogP contribution in [0.1, 0.15) is 36.8 Å². The Hall–Kier alpha value is -2.43. The van der Waals surface area contributed by atoms with Crippen molar-refractivity contribution >= 4 is 37.5 Å². The van der Waals surface area contributed by atoms with Gasteiger partial charge in [0.25, 0.3) is 5.92 Å². The predicted octanol–water partition coefficient (Wildman–Crippen LogP) is 4.83. The Morgan fingerprint density at radius 2 is 1.92 bits per heavy atom. The lowest BCUT2D eigenvalue weighted by Crippen LogP contribution is -2.56. The van der Waals surface area contributed by atoms with Gasteiger partial charge in [0.15, 0.2) is 0 Å². The number of fused-ring (bicyclic) bond motifs is 2. The van der Waals surface area contributed by atoms with Crippen LogP contribution in [0.3, 0.4) is 0 Å². The van der Waals surface area contributed by atoms with Gasteiger partial charge in [-0.2, -0.15) is 4.31 Å². The number of benzene rings is 2. The molecule has 1 spiro atoms. The molecule has 3 saturated carbocycles. The van der Waals surface area contributed by atoms with Crippen molar-refractivity contribution in [2.24, 2.45) is 17.3 Å². The molecular weight excluding hydrogens is 516 g/mol. The van der Waals surface area contributed by atoms with E-state index in [1.807, 2.05) is 25.1 Å². The number of aromatic nitrogens is 1. The lowest BCUT2D eigenvalue weighted by molar-refractivity contribution is -0.143. The smallest absolute Gasteiger partial charge is 0.254 e. The first-order chi connectivity index (χ1) is 17.6. The van der Waals surface area contributed by atoms with Crippen LogP contribution in [0, 0.1) is 24.2 Å².